The van der Waals surface area contributed by atoms with E-state index in [1.54, 1.807) is 6.92 Å². The van der Waals surface area contributed by atoms with Crippen molar-refractivity contribution in [2.24, 2.45) is 0 Å². The Balaban J connectivity index is 2.43. The first-order valence-electron chi connectivity index (χ1n) is 7.73. The molecule has 0 aliphatic rings. The van der Waals surface area contributed by atoms with Gasteiger partial charge in [-0.3, -0.25) is 4.79 Å². The molecule has 0 aliphatic heterocycles. The van der Waals surface area contributed by atoms with Gasteiger partial charge in [0.1, 0.15) is 16.5 Å². The highest BCUT2D eigenvalue weighted by Crippen LogP contribution is 2.30. The van der Waals surface area contributed by atoms with E-state index in [-0.39, 0.29) is 38.5 Å². The van der Waals surface area contributed by atoms with Gasteiger partial charge >= 0.3 is 0 Å². The van der Waals surface area contributed by atoms with Crippen molar-refractivity contribution in [1.29, 1.82) is 0 Å². The molecule has 2 aromatic carbocycles. The first-order valence-corrected chi connectivity index (χ1v) is 9.92. The van der Waals surface area contributed by atoms with Gasteiger partial charge in [0.05, 0.1) is 22.2 Å². The van der Waals surface area contributed by atoms with Crippen molar-refractivity contribution >= 4 is 44.8 Å². The zero-order valence-corrected chi connectivity index (χ0v) is 17.0. The van der Waals surface area contributed by atoms with Crippen molar-refractivity contribution in [1.82, 2.24) is 4.31 Å². The Morgan fingerprint density at radius 2 is 1.85 bits per heavy atom. The van der Waals surface area contributed by atoms with Crippen LogP contribution in [0.2, 0.25) is 10.0 Å². The summed E-state index contributed by atoms with van der Waals surface area (Å²) in [5, 5.41) is 2.25. The summed E-state index contributed by atoms with van der Waals surface area (Å²) in [6.07, 6.45) is 0. The van der Waals surface area contributed by atoms with Crippen LogP contribution < -0.4 is 10.1 Å². The summed E-state index contributed by atoms with van der Waals surface area (Å²) in [7, 11) is -1.06. The molecule has 0 saturated carbocycles. The second kappa shape index (κ2) is 8.43. The number of rotatable bonds is 6. The maximum atomic E-state index is 13.6. The third-order valence-electron chi connectivity index (χ3n) is 3.51. The number of nitrogens with zero attached hydrogens (tertiary/aromatic N) is 1. The minimum atomic E-state index is -3.82. The standard InChI is InChI=1S/C17H17Cl2FN2O4S/c1-4-26-15-6-5-10(7-16(15)27(24,25)22(2)3)21-17(23)11-8-14(20)13(19)9-12(11)18/h5-9H,4H2,1-3H3,(H,21,23). The van der Waals surface area contributed by atoms with E-state index in [2.05, 4.69) is 5.32 Å². The van der Waals surface area contributed by atoms with E-state index in [9.17, 15) is 17.6 Å². The molecule has 2 aromatic rings. The molecule has 0 heterocycles. The summed E-state index contributed by atoms with van der Waals surface area (Å²) in [6.45, 7) is 1.99. The number of halogens is 3. The maximum absolute atomic E-state index is 13.6. The van der Waals surface area contributed by atoms with Crippen LogP contribution in [0.4, 0.5) is 10.1 Å². The lowest BCUT2D eigenvalue weighted by Gasteiger charge is -2.17. The SMILES string of the molecule is CCOc1ccc(NC(=O)c2cc(F)c(Cl)cc2Cl)cc1S(=O)(=O)N(C)C. The summed E-state index contributed by atoms with van der Waals surface area (Å²) in [5.41, 5.74) is 0.0415. The molecule has 0 spiro atoms. The lowest BCUT2D eigenvalue weighted by atomic mass is 10.2. The molecule has 0 aliphatic carbocycles. The number of hydrogen-bond donors (Lipinski definition) is 1. The van der Waals surface area contributed by atoms with E-state index in [0.717, 1.165) is 16.4 Å². The Bertz CT molecular complexity index is 981. The highest BCUT2D eigenvalue weighted by atomic mass is 35.5. The summed E-state index contributed by atoms with van der Waals surface area (Å²) < 4.78 is 45.1. The molecule has 2 rings (SSSR count). The number of nitrogens with one attached hydrogen (secondary N) is 1. The van der Waals surface area contributed by atoms with Crippen LogP contribution in [0.25, 0.3) is 0 Å². The molecule has 0 saturated heterocycles. The Labute approximate surface area is 166 Å². The largest absolute Gasteiger partial charge is 0.492 e. The molecule has 0 aromatic heterocycles. The topological polar surface area (TPSA) is 75.7 Å². The van der Waals surface area contributed by atoms with Gasteiger partial charge in [0.2, 0.25) is 10.0 Å². The minimum absolute atomic E-state index is 0.0361. The highest BCUT2D eigenvalue weighted by Gasteiger charge is 2.23. The van der Waals surface area contributed by atoms with Gasteiger partial charge in [0.25, 0.3) is 5.91 Å². The van der Waals surface area contributed by atoms with Gasteiger partial charge in [-0.25, -0.2) is 17.1 Å². The van der Waals surface area contributed by atoms with Crippen LogP contribution in [0.3, 0.4) is 0 Å². The Morgan fingerprint density at radius 1 is 1.19 bits per heavy atom. The van der Waals surface area contributed by atoms with Gasteiger partial charge in [-0.1, -0.05) is 23.2 Å². The normalized spacial score (nSPS) is 11.5. The molecular formula is C17H17Cl2FN2O4S. The molecule has 1 amide bonds. The van der Waals surface area contributed by atoms with Gasteiger partial charge in [0.15, 0.2) is 0 Å². The number of benzene rings is 2. The smallest absolute Gasteiger partial charge is 0.257 e. The predicted octanol–water partition coefficient (Wildman–Crippen LogP) is 4.03. The average molecular weight is 435 g/mol. The molecule has 0 fully saturated rings. The van der Waals surface area contributed by atoms with Crippen LogP contribution in [0.1, 0.15) is 17.3 Å². The summed E-state index contributed by atoms with van der Waals surface area (Å²) in [4.78, 5) is 12.3. The van der Waals surface area contributed by atoms with Crippen LogP contribution in [0, 0.1) is 5.82 Å². The molecule has 0 bridgehead atoms. The van der Waals surface area contributed by atoms with Crippen LogP contribution >= 0.6 is 23.2 Å². The van der Waals surface area contributed by atoms with Crippen molar-refractivity contribution in [2.45, 2.75) is 11.8 Å². The van der Waals surface area contributed by atoms with Crippen molar-refractivity contribution in [2.75, 3.05) is 26.0 Å². The number of carbonyl (C=O) groups excluding carboxylic acids is 1. The fraction of sp³-hybridized carbons (Fsp3) is 0.235. The third-order valence-corrected chi connectivity index (χ3v) is 5.95. The minimum Gasteiger partial charge on any atom is -0.492 e. The zero-order valence-electron chi connectivity index (χ0n) is 14.7. The van der Waals surface area contributed by atoms with Gasteiger partial charge in [-0.05, 0) is 37.3 Å². The van der Waals surface area contributed by atoms with Gasteiger partial charge in [-0.15, -0.1) is 0 Å². The Hall–Kier alpha value is -1.87. The first kappa shape index (κ1) is 21.4. The van der Waals surface area contributed by atoms with Crippen LogP contribution in [-0.4, -0.2) is 39.3 Å². The highest BCUT2D eigenvalue weighted by molar-refractivity contribution is 7.89. The first-order chi connectivity index (χ1) is 12.6. The number of carbonyl (C=O) groups is 1. The van der Waals surface area contributed by atoms with Crippen LogP contribution in [0.5, 0.6) is 5.75 Å². The number of amides is 1. The molecular weight excluding hydrogens is 418 g/mol. The molecule has 0 unspecified atom stereocenters. The summed E-state index contributed by atoms with van der Waals surface area (Å²) >= 11 is 11.6. The fourth-order valence-corrected chi connectivity index (χ4v) is 3.67. The summed E-state index contributed by atoms with van der Waals surface area (Å²) in [6, 6.07) is 6.19. The average Bonchev–Trinajstić information content (AvgIpc) is 2.59. The molecule has 146 valence electrons. The van der Waals surface area contributed by atoms with Gasteiger partial charge < -0.3 is 10.1 Å². The zero-order chi connectivity index (χ0) is 20.4. The van der Waals surface area contributed by atoms with Crippen LogP contribution in [0.15, 0.2) is 35.2 Å². The van der Waals surface area contributed by atoms with E-state index in [1.165, 1.54) is 32.3 Å². The van der Waals surface area contributed by atoms with Crippen molar-refractivity contribution in [3.8, 4) is 5.75 Å². The molecule has 0 radical (unpaired) electrons. The molecule has 27 heavy (non-hydrogen) atoms. The fourth-order valence-electron chi connectivity index (χ4n) is 2.15. The second-order valence-electron chi connectivity index (χ2n) is 5.58. The predicted molar refractivity (Wildman–Crippen MR) is 103 cm³/mol. The Kier molecular flexibility index (Phi) is 6.69. The van der Waals surface area contributed by atoms with Crippen molar-refractivity contribution in [3.05, 3.63) is 51.8 Å². The van der Waals surface area contributed by atoms with E-state index >= 15 is 0 Å². The molecule has 10 heteroatoms. The van der Waals surface area contributed by atoms with Gasteiger partial charge in [0, 0.05) is 19.8 Å². The number of sulfonamides is 1. The Morgan fingerprint density at radius 3 is 2.44 bits per heavy atom. The van der Waals surface area contributed by atoms with Crippen molar-refractivity contribution in [3.63, 3.8) is 0 Å². The van der Waals surface area contributed by atoms with Gasteiger partial charge in [-0.2, -0.15) is 0 Å². The third kappa shape index (κ3) is 4.70. The van der Waals surface area contributed by atoms with E-state index in [4.69, 9.17) is 27.9 Å². The molecule has 1 N–H and O–H groups in total. The molecule has 6 nitrogen and oxygen atoms in total. The number of ether oxygens (including phenoxy) is 1. The second-order valence-corrected chi connectivity index (χ2v) is 8.52. The monoisotopic (exact) mass is 434 g/mol. The molecule has 0 atom stereocenters. The van der Waals surface area contributed by atoms with Crippen LogP contribution in [-0.2, 0) is 10.0 Å². The quantitative estimate of drug-likeness (QED) is 0.696. The van der Waals surface area contributed by atoms with E-state index in [0.29, 0.717) is 0 Å². The maximum Gasteiger partial charge on any atom is 0.257 e. The number of hydrogen-bond acceptors (Lipinski definition) is 4. The number of anilines is 1. The lowest BCUT2D eigenvalue weighted by molar-refractivity contribution is 0.102. The van der Waals surface area contributed by atoms with E-state index in [1.807, 2.05) is 0 Å². The lowest BCUT2D eigenvalue weighted by Crippen LogP contribution is -2.23. The van der Waals surface area contributed by atoms with E-state index < -0.39 is 21.7 Å². The van der Waals surface area contributed by atoms with Crippen molar-refractivity contribution < 1.29 is 22.3 Å². The summed E-state index contributed by atoms with van der Waals surface area (Å²) in [5.74, 6) is -1.36.